The number of rotatable bonds is 10. The van der Waals surface area contributed by atoms with Gasteiger partial charge in [-0.2, -0.15) is 0 Å². The van der Waals surface area contributed by atoms with Gasteiger partial charge in [0.2, 0.25) is 21.8 Å². The fourth-order valence-corrected chi connectivity index (χ4v) is 5.86. The fourth-order valence-electron chi connectivity index (χ4n) is 4.72. The summed E-state index contributed by atoms with van der Waals surface area (Å²) in [4.78, 5) is 28.7. The predicted octanol–water partition coefficient (Wildman–Crippen LogP) is 5.32. The van der Waals surface area contributed by atoms with Crippen LogP contribution < -0.4 is 9.62 Å². The molecule has 1 N–H and O–H groups in total. The molecule has 1 fully saturated rings. The van der Waals surface area contributed by atoms with Gasteiger partial charge in [-0.3, -0.25) is 13.9 Å². The number of aryl methyl sites for hydroxylation is 1. The highest BCUT2D eigenvalue weighted by Crippen LogP contribution is 2.29. The first-order chi connectivity index (χ1) is 17.5. The number of benzene rings is 2. The van der Waals surface area contributed by atoms with E-state index in [2.05, 4.69) is 5.32 Å². The topological polar surface area (TPSA) is 86.8 Å². The van der Waals surface area contributed by atoms with Gasteiger partial charge in [-0.1, -0.05) is 79.2 Å². The Bertz CT molecular complexity index is 1220. The number of amides is 2. The third-order valence-corrected chi connectivity index (χ3v) is 8.52. The minimum Gasteiger partial charge on any atom is -0.352 e. The zero-order chi connectivity index (χ0) is 27.2. The molecule has 7 nitrogen and oxygen atoms in total. The molecule has 37 heavy (non-hydrogen) atoms. The zero-order valence-corrected chi connectivity index (χ0v) is 23.9. The van der Waals surface area contributed by atoms with Gasteiger partial charge in [-0.05, 0) is 49.9 Å². The summed E-state index contributed by atoms with van der Waals surface area (Å²) in [5.41, 5.74) is 2.11. The number of carbonyl (C=O) groups is 2. The molecule has 3 rings (SSSR count). The van der Waals surface area contributed by atoms with Crippen molar-refractivity contribution in [3.05, 3.63) is 63.6 Å². The smallest absolute Gasteiger partial charge is 0.244 e. The standard InChI is InChI=1S/C27H35Cl2N3O4S/c1-4-25(27(34)30-21-11-6-5-7-12-21)31(17-20-10-8-9-19(2)15-20)26(33)18-32(37(3,35)36)22-13-14-23(28)24(29)16-22/h8-10,13-16,21,25H,4-7,11-12,17-18H2,1-3H3,(H,30,34)/t25-/m0/s1. The molecular weight excluding hydrogens is 533 g/mol. The van der Waals surface area contributed by atoms with E-state index in [-0.39, 0.29) is 34.2 Å². The molecule has 202 valence electrons. The Morgan fingerprint density at radius 3 is 2.35 bits per heavy atom. The normalized spacial score (nSPS) is 15.2. The second-order valence-electron chi connectivity index (χ2n) is 9.65. The molecule has 0 bridgehead atoms. The van der Waals surface area contributed by atoms with Crippen LogP contribution in [0.3, 0.4) is 0 Å². The number of carbonyl (C=O) groups excluding carboxylic acids is 2. The average molecular weight is 569 g/mol. The molecule has 2 aromatic carbocycles. The van der Waals surface area contributed by atoms with E-state index in [0.29, 0.717) is 6.42 Å². The van der Waals surface area contributed by atoms with Gasteiger partial charge < -0.3 is 10.2 Å². The first kappa shape index (κ1) is 29.3. The highest BCUT2D eigenvalue weighted by atomic mass is 35.5. The van der Waals surface area contributed by atoms with Crippen molar-refractivity contribution < 1.29 is 18.0 Å². The Labute approximate surface area is 230 Å². The quantitative estimate of drug-likeness (QED) is 0.420. The molecule has 0 aliphatic heterocycles. The number of nitrogens with zero attached hydrogens (tertiary/aromatic N) is 2. The average Bonchev–Trinajstić information content (AvgIpc) is 2.84. The lowest BCUT2D eigenvalue weighted by molar-refractivity contribution is -0.140. The Morgan fingerprint density at radius 1 is 1.05 bits per heavy atom. The molecule has 2 aromatic rings. The van der Waals surface area contributed by atoms with Gasteiger partial charge in [0.25, 0.3) is 0 Å². The van der Waals surface area contributed by atoms with Crippen molar-refractivity contribution >= 4 is 50.7 Å². The molecular formula is C27H35Cl2N3O4S. The van der Waals surface area contributed by atoms with Gasteiger partial charge in [0.1, 0.15) is 12.6 Å². The molecule has 10 heteroatoms. The molecule has 2 amide bonds. The van der Waals surface area contributed by atoms with E-state index in [4.69, 9.17) is 23.2 Å². The van der Waals surface area contributed by atoms with Crippen LogP contribution in [-0.2, 0) is 26.2 Å². The Balaban J connectivity index is 1.93. The van der Waals surface area contributed by atoms with Crippen LogP contribution >= 0.6 is 23.2 Å². The summed E-state index contributed by atoms with van der Waals surface area (Å²) in [6, 6.07) is 11.5. The molecule has 0 unspecified atom stereocenters. The molecule has 0 heterocycles. The monoisotopic (exact) mass is 567 g/mol. The lowest BCUT2D eigenvalue weighted by atomic mass is 9.95. The molecule has 1 aliphatic rings. The van der Waals surface area contributed by atoms with Crippen LogP contribution in [0.25, 0.3) is 0 Å². The lowest BCUT2D eigenvalue weighted by Gasteiger charge is -2.34. The van der Waals surface area contributed by atoms with Crippen LogP contribution in [0.2, 0.25) is 10.0 Å². The van der Waals surface area contributed by atoms with Crippen LogP contribution in [0.5, 0.6) is 0 Å². The number of halogens is 2. The largest absolute Gasteiger partial charge is 0.352 e. The van der Waals surface area contributed by atoms with Gasteiger partial charge in [-0.15, -0.1) is 0 Å². The minimum absolute atomic E-state index is 0.0925. The van der Waals surface area contributed by atoms with Gasteiger partial charge >= 0.3 is 0 Å². The first-order valence-electron chi connectivity index (χ1n) is 12.6. The van der Waals surface area contributed by atoms with Crippen molar-refractivity contribution in [2.24, 2.45) is 0 Å². The molecule has 0 radical (unpaired) electrons. The van der Waals surface area contributed by atoms with E-state index in [9.17, 15) is 18.0 Å². The van der Waals surface area contributed by atoms with E-state index in [0.717, 1.165) is 53.8 Å². The Hall–Kier alpha value is -2.29. The second kappa shape index (κ2) is 13.0. The van der Waals surface area contributed by atoms with E-state index >= 15 is 0 Å². The number of nitrogens with one attached hydrogen (secondary N) is 1. The molecule has 0 saturated heterocycles. The van der Waals surface area contributed by atoms with Crippen molar-refractivity contribution in [2.75, 3.05) is 17.1 Å². The van der Waals surface area contributed by atoms with Gasteiger partial charge in [0.05, 0.1) is 22.0 Å². The van der Waals surface area contributed by atoms with Crippen molar-refractivity contribution in [2.45, 2.75) is 71.0 Å². The van der Waals surface area contributed by atoms with Gasteiger partial charge in [0, 0.05) is 12.6 Å². The summed E-state index contributed by atoms with van der Waals surface area (Å²) in [5.74, 6) is -0.695. The van der Waals surface area contributed by atoms with E-state index in [1.165, 1.54) is 23.1 Å². The highest BCUT2D eigenvalue weighted by Gasteiger charge is 2.33. The van der Waals surface area contributed by atoms with E-state index < -0.39 is 28.5 Å². The first-order valence-corrected chi connectivity index (χ1v) is 15.2. The summed E-state index contributed by atoms with van der Waals surface area (Å²) in [5, 5.41) is 3.59. The van der Waals surface area contributed by atoms with Crippen molar-refractivity contribution in [3.63, 3.8) is 0 Å². The van der Waals surface area contributed by atoms with Crippen LogP contribution in [0, 0.1) is 6.92 Å². The molecule has 1 atom stereocenters. The zero-order valence-electron chi connectivity index (χ0n) is 21.5. The summed E-state index contributed by atoms with van der Waals surface area (Å²) in [6.45, 7) is 3.51. The van der Waals surface area contributed by atoms with E-state index in [1.807, 2.05) is 38.1 Å². The number of hydrogen-bond donors (Lipinski definition) is 1. The molecule has 1 saturated carbocycles. The SMILES string of the molecule is CC[C@@H](C(=O)NC1CCCCC1)N(Cc1cccc(C)c1)C(=O)CN(c1ccc(Cl)c(Cl)c1)S(C)(=O)=O. The van der Waals surface area contributed by atoms with Crippen molar-refractivity contribution in [1.82, 2.24) is 10.2 Å². The minimum atomic E-state index is -3.85. The van der Waals surface area contributed by atoms with Crippen LogP contribution in [0.1, 0.15) is 56.6 Å². The maximum atomic E-state index is 13.8. The van der Waals surface area contributed by atoms with Crippen LogP contribution in [-0.4, -0.2) is 50.0 Å². The Kier molecular flexibility index (Phi) is 10.3. The van der Waals surface area contributed by atoms with Crippen LogP contribution in [0.15, 0.2) is 42.5 Å². The second-order valence-corrected chi connectivity index (χ2v) is 12.4. The highest BCUT2D eigenvalue weighted by molar-refractivity contribution is 7.92. The van der Waals surface area contributed by atoms with Gasteiger partial charge in [-0.25, -0.2) is 8.42 Å². The van der Waals surface area contributed by atoms with E-state index in [1.54, 1.807) is 0 Å². The third-order valence-electron chi connectivity index (χ3n) is 6.64. The van der Waals surface area contributed by atoms with Crippen molar-refractivity contribution in [1.29, 1.82) is 0 Å². The molecule has 0 aromatic heterocycles. The molecule has 0 spiro atoms. The lowest BCUT2D eigenvalue weighted by Crippen LogP contribution is -2.53. The van der Waals surface area contributed by atoms with Gasteiger partial charge in [0.15, 0.2) is 0 Å². The number of sulfonamides is 1. The summed E-state index contributed by atoms with van der Waals surface area (Å²) in [7, 11) is -3.85. The number of anilines is 1. The molecule has 1 aliphatic carbocycles. The Morgan fingerprint density at radius 2 is 1.76 bits per heavy atom. The maximum Gasteiger partial charge on any atom is 0.244 e. The number of hydrogen-bond acceptors (Lipinski definition) is 4. The summed E-state index contributed by atoms with van der Waals surface area (Å²) < 4.78 is 26.4. The summed E-state index contributed by atoms with van der Waals surface area (Å²) in [6.07, 6.45) is 6.57. The fraction of sp³-hybridized carbons (Fsp3) is 0.481. The van der Waals surface area contributed by atoms with Crippen LogP contribution in [0.4, 0.5) is 5.69 Å². The predicted molar refractivity (Wildman–Crippen MR) is 149 cm³/mol. The maximum absolute atomic E-state index is 13.8. The third kappa shape index (κ3) is 8.09. The summed E-state index contributed by atoms with van der Waals surface area (Å²) >= 11 is 12.1. The van der Waals surface area contributed by atoms with Crippen molar-refractivity contribution in [3.8, 4) is 0 Å².